The largest absolute Gasteiger partial charge is 0.394 e. The predicted octanol–water partition coefficient (Wildman–Crippen LogP) is 0.100. The Morgan fingerprint density at radius 3 is 2.65 bits per heavy atom. The molecule has 0 aromatic carbocycles. The number of rotatable bonds is 6. The topological polar surface area (TPSA) is 114 Å². The van der Waals surface area contributed by atoms with Crippen molar-refractivity contribution in [2.45, 2.75) is 63.8 Å². The van der Waals surface area contributed by atoms with Crippen LogP contribution in [0.4, 0.5) is 0 Å². The molecule has 0 saturated carbocycles. The molecule has 1 aromatic heterocycles. The first-order valence-corrected chi connectivity index (χ1v) is 7.77. The van der Waals surface area contributed by atoms with Crippen LogP contribution in [0.15, 0.2) is 21.9 Å². The summed E-state index contributed by atoms with van der Waals surface area (Å²) < 4.78 is 12.9. The van der Waals surface area contributed by atoms with Gasteiger partial charge in [-0.3, -0.25) is 14.3 Å². The molecule has 8 nitrogen and oxygen atoms in total. The van der Waals surface area contributed by atoms with Crippen molar-refractivity contribution < 1.29 is 19.7 Å². The van der Waals surface area contributed by atoms with E-state index in [1.54, 1.807) is 20.8 Å². The van der Waals surface area contributed by atoms with Gasteiger partial charge in [0.1, 0.15) is 5.60 Å². The third-order valence-corrected chi connectivity index (χ3v) is 4.31. The zero-order chi connectivity index (χ0) is 17.3. The van der Waals surface area contributed by atoms with Crippen molar-refractivity contribution in [3.05, 3.63) is 33.1 Å². The van der Waals surface area contributed by atoms with Gasteiger partial charge in [-0.25, -0.2) is 4.79 Å². The number of hydrogen-bond donors (Lipinski definition) is 3. The van der Waals surface area contributed by atoms with E-state index in [2.05, 4.69) is 4.98 Å². The van der Waals surface area contributed by atoms with Crippen LogP contribution in [0.2, 0.25) is 0 Å². The van der Waals surface area contributed by atoms with Crippen LogP contribution < -0.4 is 11.2 Å². The Balaban J connectivity index is 2.42. The molecule has 1 fully saturated rings. The van der Waals surface area contributed by atoms with E-state index in [4.69, 9.17) is 9.47 Å². The number of aliphatic hydroxyl groups excluding tert-OH is 1. The number of ether oxygens (including phenoxy) is 2. The van der Waals surface area contributed by atoms with E-state index < -0.39 is 35.0 Å². The maximum atomic E-state index is 12.1. The molecule has 0 amide bonds. The summed E-state index contributed by atoms with van der Waals surface area (Å²) in [6, 6.07) is 1.21. The van der Waals surface area contributed by atoms with Crippen molar-refractivity contribution in [3.8, 4) is 0 Å². The first-order valence-electron chi connectivity index (χ1n) is 7.77. The lowest BCUT2D eigenvalue weighted by Crippen LogP contribution is -2.48. The molecule has 0 bridgehead atoms. The molecule has 2 rings (SSSR count). The zero-order valence-corrected chi connectivity index (χ0v) is 13.6. The lowest BCUT2D eigenvalue weighted by molar-refractivity contribution is -0.283. The molecule has 3 N–H and O–H groups in total. The number of hydrogen-bond acceptors (Lipinski definition) is 6. The molecule has 1 aliphatic heterocycles. The summed E-state index contributed by atoms with van der Waals surface area (Å²) in [4.78, 5) is 25.5. The van der Waals surface area contributed by atoms with Gasteiger partial charge in [0.25, 0.3) is 5.56 Å². The van der Waals surface area contributed by atoms with Crippen LogP contribution in [0, 0.1) is 0 Å². The van der Waals surface area contributed by atoms with Gasteiger partial charge >= 0.3 is 5.69 Å². The molecule has 0 aliphatic carbocycles. The lowest BCUT2D eigenvalue weighted by atomic mass is 9.98. The number of nitrogens with one attached hydrogen (secondary N) is 1. The quantitative estimate of drug-likeness (QED) is 0.638. The van der Waals surface area contributed by atoms with Gasteiger partial charge in [-0.1, -0.05) is 13.8 Å². The van der Waals surface area contributed by atoms with Crippen molar-refractivity contribution in [1.29, 1.82) is 0 Å². The van der Waals surface area contributed by atoms with E-state index >= 15 is 0 Å². The Morgan fingerprint density at radius 1 is 1.48 bits per heavy atom. The van der Waals surface area contributed by atoms with Crippen LogP contribution in [0.25, 0.3) is 0 Å². The van der Waals surface area contributed by atoms with Crippen molar-refractivity contribution in [1.82, 2.24) is 9.55 Å². The molecule has 2 heterocycles. The smallest absolute Gasteiger partial charge is 0.330 e. The number of H-pyrrole nitrogens is 1. The Hall–Kier alpha value is -1.48. The van der Waals surface area contributed by atoms with Gasteiger partial charge < -0.3 is 19.7 Å². The standard InChI is InChI=1S/C15H24N2O6/c1-4-15(21,5-2)23-14(3)8-10(9-18)22-12(14)17-7-6-11(19)16-13(17)20/h6-7,10,12,18,21H,4-5,8-9H2,1-3H3,(H,16,19,20). The second-order valence-electron chi connectivity index (χ2n) is 6.08. The maximum absolute atomic E-state index is 12.1. The first kappa shape index (κ1) is 17.9. The third-order valence-electron chi connectivity index (χ3n) is 4.31. The Bertz CT molecular complexity index is 650. The van der Waals surface area contributed by atoms with Gasteiger partial charge in [0.15, 0.2) is 12.0 Å². The minimum Gasteiger partial charge on any atom is -0.394 e. The van der Waals surface area contributed by atoms with Crippen LogP contribution in [-0.2, 0) is 9.47 Å². The van der Waals surface area contributed by atoms with E-state index in [-0.39, 0.29) is 6.61 Å². The molecule has 3 atom stereocenters. The Kier molecular flexibility index (Phi) is 5.10. The van der Waals surface area contributed by atoms with Gasteiger partial charge in [-0.2, -0.15) is 0 Å². The number of aromatic amines is 1. The number of nitrogens with zero attached hydrogens (tertiary/aromatic N) is 1. The maximum Gasteiger partial charge on any atom is 0.330 e. The molecular weight excluding hydrogens is 304 g/mol. The highest BCUT2D eigenvalue weighted by atomic mass is 16.7. The fourth-order valence-corrected chi connectivity index (χ4v) is 2.93. The third kappa shape index (κ3) is 3.55. The molecule has 23 heavy (non-hydrogen) atoms. The van der Waals surface area contributed by atoms with Crippen molar-refractivity contribution in [3.63, 3.8) is 0 Å². The fourth-order valence-electron chi connectivity index (χ4n) is 2.93. The second kappa shape index (κ2) is 6.56. The van der Waals surface area contributed by atoms with Crippen molar-refractivity contribution in [2.24, 2.45) is 0 Å². The minimum absolute atomic E-state index is 0.232. The van der Waals surface area contributed by atoms with E-state index in [1.807, 2.05) is 0 Å². The van der Waals surface area contributed by atoms with Gasteiger partial charge in [0.05, 0.1) is 12.7 Å². The zero-order valence-electron chi connectivity index (χ0n) is 13.6. The molecule has 3 unspecified atom stereocenters. The van der Waals surface area contributed by atoms with Crippen LogP contribution in [0.1, 0.15) is 46.3 Å². The highest BCUT2D eigenvalue weighted by molar-refractivity contribution is 4.97. The summed E-state index contributed by atoms with van der Waals surface area (Å²) in [7, 11) is 0. The summed E-state index contributed by atoms with van der Waals surface area (Å²) in [5.41, 5.74) is -2.17. The van der Waals surface area contributed by atoms with E-state index in [9.17, 15) is 19.8 Å². The summed E-state index contributed by atoms with van der Waals surface area (Å²) in [6.45, 7) is 5.09. The number of aliphatic hydroxyl groups is 2. The molecule has 1 aromatic rings. The summed E-state index contributed by atoms with van der Waals surface area (Å²) >= 11 is 0. The van der Waals surface area contributed by atoms with E-state index in [0.29, 0.717) is 19.3 Å². The van der Waals surface area contributed by atoms with Crippen molar-refractivity contribution >= 4 is 0 Å². The number of aromatic nitrogens is 2. The molecular formula is C15H24N2O6. The van der Waals surface area contributed by atoms with Gasteiger partial charge in [0.2, 0.25) is 0 Å². The molecule has 0 spiro atoms. The van der Waals surface area contributed by atoms with Gasteiger partial charge in [0, 0.05) is 18.7 Å². The van der Waals surface area contributed by atoms with Crippen LogP contribution in [-0.4, -0.2) is 43.9 Å². The SMILES string of the molecule is CCC(O)(CC)OC1(C)CC(CO)OC1n1ccc(=O)[nH]c1=O. The highest BCUT2D eigenvalue weighted by Gasteiger charge is 2.51. The van der Waals surface area contributed by atoms with E-state index in [0.717, 1.165) is 0 Å². The lowest BCUT2D eigenvalue weighted by Gasteiger charge is -2.38. The van der Waals surface area contributed by atoms with Crippen LogP contribution in [0.5, 0.6) is 0 Å². The average Bonchev–Trinajstić information content (AvgIpc) is 2.83. The minimum atomic E-state index is -1.35. The normalized spacial score (nSPS) is 28.2. The average molecular weight is 328 g/mol. The van der Waals surface area contributed by atoms with E-state index in [1.165, 1.54) is 16.8 Å². The van der Waals surface area contributed by atoms with Gasteiger partial charge in [-0.05, 0) is 19.8 Å². The Labute approximate surface area is 133 Å². The van der Waals surface area contributed by atoms with Crippen LogP contribution >= 0.6 is 0 Å². The summed E-state index contributed by atoms with van der Waals surface area (Å²) in [5.74, 6) is -1.35. The van der Waals surface area contributed by atoms with Gasteiger partial charge in [-0.15, -0.1) is 0 Å². The van der Waals surface area contributed by atoms with Crippen molar-refractivity contribution in [2.75, 3.05) is 6.61 Å². The molecule has 8 heteroatoms. The monoisotopic (exact) mass is 328 g/mol. The molecule has 130 valence electrons. The Morgan fingerprint density at radius 2 is 2.13 bits per heavy atom. The van der Waals surface area contributed by atoms with Crippen LogP contribution in [0.3, 0.4) is 0 Å². The summed E-state index contributed by atoms with van der Waals surface area (Å²) in [6.07, 6.45) is 0.980. The first-order chi connectivity index (χ1) is 10.8. The molecule has 1 saturated heterocycles. The molecule has 0 radical (unpaired) electrons. The highest BCUT2D eigenvalue weighted by Crippen LogP contribution is 2.43. The predicted molar refractivity (Wildman–Crippen MR) is 82.0 cm³/mol. The summed E-state index contributed by atoms with van der Waals surface area (Å²) in [5, 5.41) is 19.9. The second-order valence-corrected chi connectivity index (χ2v) is 6.08. The fraction of sp³-hybridized carbons (Fsp3) is 0.733. The molecule has 1 aliphatic rings.